The van der Waals surface area contributed by atoms with Gasteiger partial charge in [-0.05, 0) is 60.0 Å². The molecular formula is C23H23FN2O3. The zero-order valence-electron chi connectivity index (χ0n) is 16.4. The summed E-state index contributed by atoms with van der Waals surface area (Å²) in [6.07, 6.45) is 3.55. The van der Waals surface area contributed by atoms with Crippen LogP contribution >= 0.6 is 0 Å². The topological polar surface area (TPSA) is 60.5 Å². The van der Waals surface area contributed by atoms with Crippen LogP contribution in [-0.4, -0.2) is 18.0 Å². The van der Waals surface area contributed by atoms with E-state index in [1.165, 1.54) is 12.1 Å². The number of ether oxygens (including phenoxy) is 2. The molecule has 29 heavy (non-hydrogen) atoms. The van der Waals surface area contributed by atoms with Crippen LogP contribution in [0.15, 0.2) is 67.0 Å². The van der Waals surface area contributed by atoms with Gasteiger partial charge in [0.15, 0.2) is 11.5 Å². The predicted octanol–water partition coefficient (Wildman–Crippen LogP) is 4.23. The second-order valence-corrected chi connectivity index (χ2v) is 6.65. The van der Waals surface area contributed by atoms with Crippen LogP contribution < -0.4 is 14.8 Å². The summed E-state index contributed by atoms with van der Waals surface area (Å²) in [5, 5.41) is 2.93. The maximum Gasteiger partial charge on any atom is 0.224 e. The molecule has 3 aromatic rings. The smallest absolute Gasteiger partial charge is 0.224 e. The molecule has 5 nitrogen and oxygen atoms in total. The number of hydrogen-bond donors (Lipinski definition) is 1. The van der Waals surface area contributed by atoms with Crippen molar-refractivity contribution in [3.8, 4) is 11.5 Å². The standard InChI is InChI=1S/C23H23FN2O3/c1-16(26-23(27)13-18-4-3-5-20(24)12-18)19-6-7-21(22(14-19)28-2)29-15-17-8-10-25-11-9-17/h3-12,14,16H,13,15H2,1-2H3,(H,26,27). The molecule has 0 aliphatic heterocycles. The summed E-state index contributed by atoms with van der Waals surface area (Å²) in [6, 6.07) is 15.1. The fraction of sp³-hybridized carbons (Fsp3) is 0.217. The van der Waals surface area contributed by atoms with Crippen molar-refractivity contribution in [1.29, 1.82) is 0 Å². The van der Waals surface area contributed by atoms with Crippen LogP contribution in [0.3, 0.4) is 0 Å². The molecule has 6 heteroatoms. The number of halogens is 1. The summed E-state index contributed by atoms with van der Waals surface area (Å²) in [5.74, 6) is 0.671. The highest BCUT2D eigenvalue weighted by molar-refractivity contribution is 5.79. The second-order valence-electron chi connectivity index (χ2n) is 6.65. The van der Waals surface area contributed by atoms with Crippen molar-refractivity contribution in [2.24, 2.45) is 0 Å². The fourth-order valence-electron chi connectivity index (χ4n) is 2.92. The fourth-order valence-corrected chi connectivity index (χ4v) is 2.92. The summed E-state index contributed by atoms with van der Waals surface area (Å²) in [6.45, 7) is 2.29. The van der Waals surface area contributed by atoms with Crippen molar-refractivity contribution in [2.45, 2.75) is 26.0 Å². The number of carbonyl (C=O) groups excluding carboxylic acids is 1. The Hall–Kier alpha value is -3.41. The van der Waals surface area contributed by atoms with E-state index < -0.39 is 0 Å². The number of rotatable bonds is 8. The highest BCUT2D eigenvalue weighted by Gasteiger charge is 2.14. The Morgan fingerprint density at radius 1 is 1.07 bits per heavy atom. The molecule has 0 fully saturated rings. The molecule has 1 aromatic heterocycles. The average molecular weight is 394 g/mol. The van der Waals surface area contributed by atoms with Gasteiger partial charge >= 0.3 is 0 Å². The number of pyridine rings is 1. The Balaban J connectivity index is 1.62. The van der Waals surface area contributed by atoms with Gasteiger partial charge in [-0.3, -0.25) is 9.78 Å². The van der Waals surface area contributed by atoms with Gasteiger partial charge in [0.1, 0.15) is 12.4 Å². The van der Waals surface area contributed by atoms with E-state index in [2.05, 4.69) is 10.3 Å². The van der Waals surface area contributed by atoms with Gasteiger partial charge < -0.3 is 14.8 Å². The van der Waals surface area contributed by atoms with Gasteiger partial charge in [0.2, 0.25) is 5.91 Å². The summed E-state index contributed by atoms with van der Waals surface area (Å²) < 4.78 is 24.6. The Bertz CT molecular complexity index is 963. The Morgan fingerprint density at radius 2 is 1.86 bits per heavy atom. The van der Waals surface area contributed by atoms with Crippen LogP contribution in [0.25, 0.3) is 0 Å². The molecule has 2 aromatic carbocycles. The number of carbonyl (C=O) groups is 1. The largest absolute Gasteiger partial charge is 0.493 e. The monoisotopic (exact) mass is 394 g/mol. The van der Waals surface area contributed by atoms with Crippen LogP contribution in [0, 0.1) is 5.82 Å². The number of amides is 1. The lowest BCUT2D eigenvalue weighted by Gasteiger charge is -2.17. The van der Waals surface area contributed by atoms with Crippen LogP contribution in [0.4, 0.5) is 4.39 Å². The Labute approximate surface area is 169 Å². The third-order valence-corrected chi connectivity index (χ3v) is 4.46. The first-order chi connectivity index (χ1) is 14.0. The van der Waals surface area contributed by atoms with Gasteiger partial charge in [0.05, 0.1) is 19.6 Å². The number of aromatic nitrogens is 1. The second kappa shape index (κ2) is 9.68. The van der Waals surface area contributed by atoms with E-state index in [0.717, 1.165) is 11.1 Å². The minimum absolute atomic E-state index is 0.117. The maximum atomic E-state index is 13.3. The minimum Gasteiger partial charge on any atom is -0.493 e. The minimum atomic E-state index is -0.351. The van der Waals surface area contributed by atoms with Gasteiger partial charge in [-0.15, -0.1) is 0 Å². The maximum absolute atomic E-state index is 13.3. The molecule has 0 radical (unpaired) electrons. The highest BCUT2D eigenvalue weighted by atomic mass is 19.1. The van der Waals surface area contributed by atoms with Crippen molar-refractivity contribution >= 4 is 5.91 Å². The van der Waals surface area contributed by atoms with E-state index in [9.17, 15) is 9.18 Å². The molecule has 1 unspecified atom stereocenters. The molecule has 1 amide bonds. The normalized spacial score (nSPS) is 11.6. The summed E-state index contributed by atoms with van der Waals surface area (Å²) in [7, 11) is 1.58. The first kappa shape index (κ1) is 20.3. The zero-order valence-corrected chi connectivity index (χ0v) is 16.4. The van der Waals surface area contributed by atoms with Crippen molar-refractivity contribution in [3.63, 3.8) is 0 Å². The van der Waals surface area contributed by atoms with E-state index in [1.807, 2.05) is 37.3 Å². The Kier molecular flexibility index (Phi) is 6.79. The number of hydrogen-bond acceptors (Lipinski definition) is 4. The number of nitrogens with zero attached hydrogens (tertiary/aromatic N) is 1. The molecule has 0 bridgehead atoms. The van der Waals surface area contributed by atoms with Crippen molar-refractivity contribution in [1.82, 2.24) is 10.3 Å². The van der Waals surface area contributed by atoms with E-state index in [4.69, 9.17) is 9.47 Å². The molecular weight excluding hydrogens is 371 g/mol. The molecule has 0 aliphatic rings. The van der Waals surface area contributed by atoms with Crippen molar-refractivity contribution < 1.29 is 18.7 Å². The number of methoxy groups -OCH3 is 1. The summed E-state index contributed by atoms with van der Waals surface area (Å²) >= 11 is 0. The van der Waals surface area contributed by atoms with Gasteiger partial charge in [-0.1, -0.05) is 18.2 Å². The SMILES string of the molecule is COc1cc(C(C)NC(=O)Cc2cccc(F)c2)ccc1OCc1ccncc1. The molecule has 1 atom stereocenters. The van der Waals surface area contributed by atoms with E-state index in [-0.39, 0.29) is 24.2 Å². The predicted molar refractivity (Wildman–Crippen MR) is 108 cm³/mol. The van der Waals surface area contributed by atoms with E-state index in [1.54, 1.807) is 31.6 Å². The van der Waals surface area contributed by atoms with E-state index in [0.29, 0.717) is 23.7 Å². The lowest BCUT2D eigenvalue weighted by Crippen LogP contribution is -2.28. The number of benzene rings is 2. The summed E-state index contributed by atoms with van der Waals surface area (Å²) in [5.41, 5.74) is 2.52. The van der Waals surface area contributed by atoms with Crippen LogP contribution in [0.2, 0.25) is 0 Å². The van der Waals surface area contributed by atoms with Gasteiger partial charge in [0.25, 0.3) is 0 Å². The quantitative estimate of drug-likeness (QED) is 0.621. The van der Waals surface area contributed by atoms with Crippen LogP contribution in [0.1, 0.15) is 29.7 Å². The lowest BCUT2D eigenvalue weighted by atomic mass is 10.1. The Morgan fingerprint density at radius 3 is 2.59 bits per heavy atom. The van der Waals surface area contributed by atoms with Gasteiger partial charge in [-0.2, -0.15) is 0 Å². The lowest BCUT2D eigenvalue weighted by molar-refractivity contribution is -0.121. The third kappa shape index (κ3) is 5.78. The molecule has 0 saturated carbocycles. The van der Waals surface area contributed by atoms with Crippen LogP contribution in [-0.2, 0) is 17.8 Å². The highest BCUT2D eigenvalue weighted by Crippen LogP contribution is 2.31. The molecule has 0 saturated heterocycles. The average Bonchev–Trinajstić information content (AvgIpc) is 2.72. The molecule has 0 aliphatic carbocycles. The van der Waals surface area contributed by atoms with Crippen molar-refractivity contribution in [2.75, 3.05) is 7.11 Å². The van der Waals surface area contributed by atoms with Crippen molar-refractivity contribution in [3.05, 3.63) is 89.5 Å². The summed E-state index contributed by atoms with van der Waals surface area (Å²) in [4.78, 5) is 16.3. The molecule has 0 spiro atoms. The molecule has 1 heterocycles. The van der Waals surface area contributed by atoms with Crippen LogP contribution in [0.5, 0.6) is 11.5 Å². The zero-order chi connectivity index (χ0) is 20.6. The van der Waals surface area contributed by atoms with Gasteiger partial charge in [0, 0.05) is 12.4 Å². The molecule has 1 N–H and O–H groups in total. The third-order valence-electron chi connectivity index (χ3n) is 4.46. The van der Waals surface area contributed by atoms with Gasteiger partial charge in [-0.25, -0.2) is 4.39 Å². The number of nitrogens with one attached hydrogen (secondary N) is 1. The first-order valence-corrected chi connectivity index (χ1v) is 9.28. The molecule has 150 valence electrons. The first-order valence-electron chi connectivity index (χ1n) is 9.28. The van der Waals surface area contributed by atoms with E-state index >= 15 is 0 Å². The molecule has 3 rings (SSSR count).